The fraction of sp³-hybridized carbons (Fsp3) is 0.600. The van der Waals surface area contributed by atoms with E-state index in [-0.39, 0.29) is 18.4 Å². The van der Waals surface area contributed by atoms with Gasteiger partial charge in [0, 0.05) is 32.2 Å². The second kappa shape index (κ2) is 8.87. The summed E-state index contributed by atoms with van der Waals surface area (Å²) in [6, 6.07) is 2.86. The van der Waals surface area contributed by atoms with Crippen LogP contribution < -0.4 is 10.1 Å². The van der Waals surface area contributed by atoms with Gasteiger partial charge < -0.3 is 14.8 Å². The molecular formula is C15H23F2NO2. The van der Waals surface area contributed by atoms with Crippen molar-refractivity contribution in [2.45, 2.75) is 39.8 Å². The van der Waals surface area contributed by atoms with Crippen LogP contribution >= 0.6 is 0 Å². The van der Waals surface area contributed by atoms with Crippen molar-refractivity contribution in [1.82, 2.24) is 5.32 Å². The first kappa shape index (κ1) is 16.9. The Balaban J connectivity index is 2.55. The fourth-order valence-corrected chi connectivity index (χ4v) is 1.65. The highest BCUT2D eigenvalue weighted by Gasteiger charge is 2.12. The minimum Gasteiger partial charge on any atom is -0.488 e. The first-order valence-corrected chi connectivity index (χ1v) is 6.96. The van der Waals surface area contributed by atoms with E-state index in [2.05, 4.69) is 5.32 Å². The molecule has 20 heavy (non-hydrogen) atoms. The van der Waals surface area contributed by atoms with Crippen molar-refractivity contribution in [2.24, 2.45) is 0 Å². The summed E-state index contributed by atoms with van der Waals surface area (Å²) in [6.45, 7) is 7.65. The predicted molar refractivity (Wildman–Crippen MR) is 74.9 cm³/mol. The second-order valence-corrected chi connectivity index (χ2v) is 4.82. The zero-order valence-corrected chi connectivity index (χ0v) is 12.3. The van der Waals surface area contributed by atoms with Crippen molar-refractivity contribution >= 4 is 0 Å². The summed E-state index contributed by atoms with van der Waals surface area (Å²) >= 11 is 0. The monoisotopic (exact) mass is 287 g/mol. The van der Waals surface area contributed by atoms with Crippen LogP contribution in [0.1, 0.15) is 32.8 Å². The standard InChI is InChI=1S/C15H23F2NO2/c1-4-19-6-5-7-20-15-13(16)8-12(9-14(15)17)10-18-11(2)3/h8-9,11,18H,4-7,10H2,1-3H3. The van der Waals surface area contributed by atoms with E-state index in [1.54, 1.807) is 0 Å². The third kappa shape index (κ3) is 5.84. The smallest absolute Gasteiger partial charge is 0.190 e. The van der Waals surface area contributed by atoms with E-state index < -0.39 is 11.6 Å². The molecule has 0 saturated carbocycles. The quantitative estimate of drug-likeness (QED) is 0.707. The summed E-state index contributed by atoms with van der Waals surface area (Å²) in [5.41, 5.74) is 0.565. The highest BCUT2D eigenvalue weighted by Crippen LogP contribution is 2.23. The maximum Gasteiger partial charge on any atom is 0.190 e. The van der Waals surface area contributed by atoms with Gasteiger partial charge >= 0.3 is 0 Å². The van der Waals surface area contributed by atoms with Crippen molar-refractivity contribution < 1.29 is 18.3 Å². The van der Waals surface area contributed by atoms with Crippen molar-refractivity contribution in [1.29, 1.82) is 0 Å². The van der Waals surface area contributed by atoms with Crippen LogP contribution in [0.5, 0.6) is 5.75 Å². The average Bonchev–Trinajstić information content (AvgIpc) is 2.38. The lowest BCUT2D eigenvalue weighted by Gasteiger charge is -2.12. The minimum absolute atomic E-state index is 0.234. The third-order valence-electron chi connectivity index (χ3n) is 2.66. The van der Waals surface area contributed by atoms with Gasteiger partial charge in [0.1, 0.15) is 0 Å². The van der Waals surface area contributed by atoms with Crippen LogP contribution in [0.4, 0.5) is 8.78 Å². The number of rotatable bonds is 9. The molecule has 0 amide bonds. The van der Waals surface area contributed by atoms with E-state index in [4.69, 9.17) is 9.47 Å². The molecule has 0 aliphatic carbocycles. The van der Waals surface area contributed by atoms with Crippen LogP contribution in [0.25, 0.3) is 0 Å². The van der Waals surface area contributed by atoms with Crippen LogP contribution in [0, 0.1) is 11.6 Å². The predicted octanol–water partition coefficient (Wildman–Crippen LogP) is 3.27. The van der Waals surface area contributed by atoms with Gasteiger partial charge in [0.25, 0.3) is 0 Å². The molecule has 1 aromatic rings. The first-order valence-electron chi connectivity index (χ1n) is 6.96. The van der Waals surface area contributed by atoms with Crippen molar-refractivity contribution in [3.8, 4) is 5.75 Å². The molecule has 114 valence electrons. The number of nitrogens with one attached hydrogen (secondary N) is 1. The zero-order valence-electron chi connectivity index (χ0n) is 12.3. The average molecular weight is 287 g/mol. The molecule has 1 rings (SSSR count). The first-order chi connectivity index (χ1) is 9.54. The molecule has 3 nitrogen and oxygen atoms in total. The molecule has 1 N–H and O–H groups in total. The Labute approximate surface area is 119 Å². The molecule has 0 atom stereocenters. The van der Waals surface area contributed by atoms with Crippen LogP contribution in [-0.2, 0) is 11.3 Å². The normalized spacial score (nSPS) is 11.1. The van der Waals surface area contributed by atoms with Gasteiger partial charge in [0.2, 0.25) is 0 Å². The number of benzene rings is 1. The molecule has 0 aliphatic rings. The van der Waals surface area contributed by atoms with E-state index in [1.807, 2.05) is 20.8 Å². The Morgan fingerprint density at radius 1 is 1.15 bits per heavy atom. The lowest BCUT2D eigenvalue weighted by Crippen LogP contribution is -2.22. The molecular weight excluding hydrogens is 264 g/mol. The van der Waals surface area contributed by atoms with Crippen LogP contribution in [0.2, 0.25) is 0 Å². The topological polar surface area (TPSA) is 30.5 Å². The molecule has 0 spiro atoms. The van der Waals surface area contributed by atoms with Gasteiger partial charge in [-0.3, -0.25) is 0 Å². The second-order valence-electron chi connectivity index (χ2n) is 4.82. The summed E-state index contributed by atoms with van der Waals surface area (Å²) in [7, 11) is 0. The maximum absolute atomic E-state index is 13.8. The third-order valence-corrected chi connectivity index (χ3v) is 2.66. The molecule has 0 aliphatic heterocycles. The molecule has 0 bridgehead atoms. The largest absolute Gasteiger partial charge is 0.488 e. The Bertz CT molecular complexity index is 388. The number of ether oxygens (including phenoxy) is 2. The Kier molecular flexibility index (Phi) is 7.47. The summed E-state index contributed by atoms with van der Waals surface area (Å²) < 4.78 is 37.8. The van der Waals surface area contributed by atoms with Gasteiger partial charge in [-0.25, -0.2) is 8.78 Å². The van der Waals surface area contributed by atoms with E-state index in [0.29, 0.717) is 31.7 Å². The summed E-state index contributed by atoms with van der Waals surface area (Å²) in [4.78, 5) is 0. The lowest BCUT2D eigenvalue weighted by molar-refractivity contribution is 0.129. The molecule has 0 fully saturated rings. The molecule has 0 aromatic heterocycles. The Hall–Kier alpha value is -1.20. The maximum atomic E-state index is 13.8. The van der Waals surface area contributed by atoms with Gasteiger partial charge in [-0.05, 0) is 24.6 Å². The SMILES string of the molecule is CCOCCCOc1c(F)cc(CNC(C)C)cc1F. The van der Waals surface area contributed by atoms with Crippen LogP contribution in [-0.4, -0.2) is 25.9 Å². The van der Waals surface area contributed by atoms with Crippen molar-refractivity contribution in [3.63, 3.8) is 0 Å². The van der Waals surface area contributed by atoms with Gasteiger partial charge in [0.05, 0.1) is 6.61 Å². The fourth-order valence-electron chi connectivity index (χ4n) is 1.65. The lowest BCUT2D eigenvalue weighted by atomic mass is 10.2. The van der Waals surface area contributed by atoms with Gasteiger partial charge in [-0.2, -0.15) is 0 Å². The van der Waals surface area contributed by atoms with Gasteiger partial charge in [0.15, 0.2) is 17.4 Å². The number of halogens is 2. The molecule has 1 aromatic carbocycles. The summed E-state index contributed by atoms with van der Waals surface area (Å²) in [5, 5.41) is 3.11. The summed E-state index contributed by atoms with van der Waals surface area (Å²) in [5.74, 6) is -1.64. The van der Waals surface area contributed by atoms with Crippen molar-refractivity contribution in [3.05, 3.63) is 29.3 Å². The molecule has 0 unspecified atom stereocenters. The summed E-state index contributed by atoms with van der Waals surface area (Å²) in [6.07, 6.45) is 0.601. The molecule has 5 heteroatoms. The van der Waals surface area contributed by atoms with E-state index in [1.165, 1.54) is 12.1 Å². The Morgan fingerprint density at radius 3 is 2.35 bits per heavy atom. The number of hydrogen-bond acceptors (Lipinski definition) is 3. The van der Waals surface area contributed by atoms with Crippen LogP contribution in [0.15, 0.2) is 12.1 Å². The number of hydrogen-bond donors (Lipinski definition) is 1. The molecule has 0 heterocycles. The zero-order chi connectivity index (χ0) is 15.0. The highest BCUT2D eigenvalue weighted by molar-refractivity contribution is 5.31. The highest BCUT2D eigenvalue weighted by atomic mass is 19.1. The van der Waals surface area contributed by atoms with E-state index in [9.17, 15) is 8.78 Å². The van der Waals surface area contributed by atoms with Crippen LogP contribution in [0.3, 0.4) is 0 Å². The van der Waals surface area contributed by atoms with Gasteiger partial charge in [-0.1, -0.05) is 13.8 Å². The minimum atomic E-state index is -0.665. The van der Waals surface area contributed by atoms with Crippen molar-refractivity contribution in [2.75, 3.05) is 19.8 Å². The molecule has 0 radical (unpaired) electrons. The Morgan fingerprint density at radius 2 is 1.80 bits per heavy atom. The van der Waals surface area contributed by atoms with E-state index in [0.717, 1.165) is 0 Å². The van der Waals surface area contributed by atoms with E-state index >= 15 is 0 Å². The molecule has 0 saturated heterocycles. The van der Waals surface area contributed by atoms with Gasteiger partial charge in [-0.15, -0.1) is 0 Å².